The highest BCUT2D eigenvalue weighted by molar-refractivity contribution is 5.74. The van der Waals surface area contributed by atoms with Crippen molar-refractivity contribution in [3.63, 3.8) is 0 Å². The number of nitrogens with one attached hydrogen (secondary N) is 2. The lowest BCUT2D eigenvalue weighted by molar-refractivity contribution is -0.140. The fourth-order valence-electron chi connectivity index (χ4n) is 4.31. The molecule has 2 unspecified atom stereocenters. The third kappa shape index (κ3) is 9.54. The molecule has 0 saturated heterocycles. The molecule has 1 aromatic carbocycles. The molecule has 2 aliphatic rings. The predicted molar refractivity (Wildman–Crippen MR) is 122 cm³/mol. The van der Waals surface area contributed by atoms with Gasteiger partial charge >= 0.3 is 11.9 Å². The minimum Gasteiger partial charge on any atom is -0.508 e. The fourth-order valence-corrected chi connectivity index (χ4v) is 4.31. The maximum absolute atomic E-state index is 11.3. The van der Waals surface area contributed by atoms with E-state index in [0.717, 1.165) is 44.1 Å². The molecule has 0 aliphatic heterocycles. The highest BCUT2D eigenvalue weighted by Gasteiger charge is 2.23. The predicted octanol–water partition coefficient (Wildman–Crippen LogP) is 2.66. The number of carbonyl (C=O) groups is 2. The summed E-state index contributed by atoms with van der Waals surface area (Å²) < 4.78 is 0. The number of phenols is 1. The lowest BCUT2D eigenvalue weighted by Crippen LogP contribution is -2.45. The van der Waals surface area contributed by atoms with Gasteiger partial charge in [0.05, 0.1) is 6.10 Å². The molecule has 6 N–H and O–H groups in total. The zero-order valence-electron chi connectivity index (χ0n) is 18.9. The first kappa shape index (κ1) is 26.1. The summed E-state index contributed by atoms with van der Waals surface area (Å²) >= 11 is 0. The van der Waals surface area contributed by atoms with Gasteiger partial charge in [-0.25, -0.2) is 0 Å². The second-order valence-corrected chi connectivity index (χ2v) is 9.00. The van der Waals surface area contributed by atoms with E-state index >= 15 is 0 Å². The summed E-state index contributed by atoms with van der Waals surface area (Å²) in [5, 5.41) is 42.7. The van der Waals surface area contributed by atoms with Crippen LogP contribution in [0.5, 0.6) is 5.75 Å². The number of aromatic hydroxyl groups is 1. The molecule has 2 atom stereocenters. The van der Waals surface area contributed by atoms with Crippen LogP contribution in [-0.2, 0) is 16.0 Å². The lowest BCUT2D eigenvalue weighted by atomic mass is 9.93. The Balaban J connectivity index is 0.000000244. The standard InChI is InChI=1S/C15H21NO3.C9H17NO3/c17-13-8-6-11(7-9-13)10-14(15(18)19)16-12-4-2-1-3-5-12;1-6(9(12)13)10-7-2-4-8(11)5-3-7/h6-9,12,14,16-17H,1-5,10H2,(H,18,19);6-8,10-11H,2-5H2,1H3,(H,12,13). The van der Waals surface area contributed by atoms with Crippen LogP contribution < -0.4 is 10.6 Å². The Hall–Kier alpha value is -2.16. The van der Waals surface area contributed by atoms with Gasteiger partial charge in [0.25, 0.3) is 0 Å². The zero-order valence-corrected chi connectivity index (χ0v) is 18.9. The lowest BCUT2D eigenvalue weighted by Gasteiger charge is -2.27. The molecule has 1 aromatic rings. The smallest absolute Gasteiger partial charge is 0.321 e. The van der Waals surface area contributed by atoms with Crippen LogP contribution in [-0.4, -0.2) is 62.6 Å². The van der Waals surface area contributed by atoms with Crippen molar-refractivity contribution in [2.75, 3.05) is 0 Å². The van der Waals surface area contributed by atoms with Gasteiger partial charge in [-0.05, 0) is 69.6 Å². The largest absolute Gasteiger partial charge is 0.508 e. The topological polar surface area (TPSA) is 139 Å². The molecular weight excluding hydrogens is 412 g/mol. The van der Waals surface area contributed by atoms with E-state index in [1.165, 1.54) is 19.3 Å². The van der Waals surface area contributed by atoms with Crippen LogP contribution in [0.4, 0.5) is 0 Å². The van der Waals surface area contributed by atoms with Gasteiger partial charge in [-0.2, -0.15) is 0 Å². The molecule has 0 aromatic heterocycles. The van der Waals surface area contributed by atoms with E-state index in [9.17, 15) is 24.9 Å². The van der Waals surface area contributed by atoms with E-state index in [4.69, 9.17) is 5.11 Å². The number of phenolic OH excluding ortho intramolecular Hbond substituents is 1. The molecule has 8 heteroatoms. The molecule has 0 spiro atoms. The van der Waals surface area contributed by atoms with Crippen molar-refractivity contribution in [3.05, 3.63) is 29.8 Å². The second kappa shape index (κ2) is 13.4. The van der Waals surface area contributed by atoms with Crippen molar-refractivity contribution in [2.24, 2.45) is 0 Å². The molecule has 2 saturated carbocycles. The van der Waals surface area contributed by atoms with Crippen LogP contribution in [0.25, 0.3) is 0 Å². The fraction of sp³-hybridized carbons (Fsp3) is 0.667. The summed E-state index contributed by atoms with van der Waals surface area (Å²) in [5.41, 5.74) is 0.925. The Morgan fingerprint density at radius 2 is 1.44 bits per heavy atom. The Morgan fingerprint density at radius 1 is 0.875 bits per heavy atom. The second-order valence-electron chi connectivity index (χ2n) is 9.00. The van der Waals surface area contributed by atoms with E-state index in [1.54, 1.807) is 31.2 Å². The number of benzene rings is 1. The number of aliphatic carboxylic acids is 2. The van der Waals surface area contributed by atoms with Crippen molar-refractivity contribution in [1.29, 1.82) is 0 Å². The van der Waals surface area contributed by atoms with Gasteiger partial charge in [0, 0.05) is 12.1 Å². The summed E-state index contributed by atoms with van der Waals surface area (Å²) in [5.74, 6) is -1.42. The first-order valence-corrected chi connectivity index (χ1v) is 11.7. The highest BCUT2D eigenvalue weighted by atomic mass is 16.4. The summed E-state index contributed by atoms with van der Waals surface area (Å²) in [4.78, 5) is 21.9. The monoisotopic (exact) mass is 450 g/mol. The molecule has 3 rings (SSSR count). The molecule has 2 fully saturated rings. The zero-order chi connectivity index (χ0) is 23.5. The third-order valence-corrected chi connectivity index (χ3v) is 6.27. The summed E-state index contributed by atoms with van der Waals surface area (Å²) in [6, 6.07) is 6.28. The quantitative estimate of drug-likeness (QED) is 0.355. The van der Waals surface area contributed by atoms with Gasteiger partial charge in [-0.3, -0.25) is 9.59 Å². The SMILES string of the molecule is CC(NC1CCC(O)CC1)C(=O)O.O=C(O)C(Cc1ccc(O)cc1)NC1CCCCC1. The van der Waals surface area contributed by atoms with Crippen molar-refractivity contribution in [2.45, 2.75) is 101 Å². The summed E-state index contributed by atoms with van der Waals surface area (Å²) in [6.07, 6.45) is 9.34. The van der Waals surface area contributed by atoms with E-state index in [2.05, 4.69) is 10.6 Å². The van der Waals surface area contributed by atoms with Crippen molar-refractivity contribution in [1.82, 2.24) is 10.6 Å². The summed E-state index contributed by atoms with van der Waals surface area (Å²) in [6.45, 7) is 1.65. The minimum atomic E-state index is -0.814. The van der Waals surface area contributed by atoms with Crippen molar-refractivity contribution in [3.8, 4) is 5.75 Å². The summed E-state index contributed by atoms with van der Waals surface area (Å²) in [7, 11) is 0. The Kier molecular flexibility index (Phi) is 10.9. The molecule has 0 bridgehead atoms. The van der Waals surface area contributed by atoms with Gasteiger partial charge in [0.2, 0.25) is 0 Å². The number of aliphatic hydroxyl groups excluding tert-OH is 1. The van der Waals surface area contributed by atoms with Gasteiger partial charge in [0.1, 0.15) is 17.8 Å². The van der Waals surface area contributed by atoms with Crippen LogP contribution in [0.1, 0.15) is 70.3 Å². The Labute approximate surface area is 190 Å². The van der Waals surface area contributed by atoms with Gasteiger partial charge in [0.15, 0.2) is 0 Å². The van der Waals surface area contributed by atoms with E-state index in [-0.39, 0.29) is 17.9 Å². The number of carboxylic acid groups (broad SMARTS) is 2. The number of rotatable bonds is 8. The van der Waals surface area contributed by atoms with Crippen molar-refractivity contribution < 1.29 is 30.0 Å². The average Bonchev–Trinajstić information content (AvgIpc) is 2.77. The normalized spacial score (nSPS) is 23.4. The van der Waals surface area contributed by atoms with Crippen LogP contribution in [0, 0.1) is 0 Å². The molecule has 0 heterocycles. The Morgan fingerprint density at radius 3 is 1.97 bits per heavy atom. The van der Waals surface area contributed by atoms with Gasteiger partial charge in [-0.15, -0.1) is 0 Å². The van der Waals surface area contributed by atoms with E-state index in [1.807, 2.05) is 0 Å². The first-order valence-electron chi connectivity index (χ1n) is 11.7. The molecule has 0 amide bonds. The molecule has 180 valence electrons. The molecule has 0 radical (unpaired) electrons. The maximum Gasteiger partial charge on any atom is 0.321 e. The first-order chi connectivity index (χ1) is 15.2. The number of carboxylic acids is 2. The van der Waals surface area contributed by atoms with Crippen LogP contribution in [0.2, 0.25) is 0 Å². The molecule has 32 heavy (non-hydrogen) atoms. The average molecular weight is 451 g/mol. The molecular formula is C24H38N2O6. The molecule has 8 nitrogen and oxygen atoms in total. The number of aliphatic hydroxyl groups is 1. The number of hydrogen-bond acceptors (Lipinski definition) is 6. The number of hydrogen-bond donors (Lipinski definition) is 6. The Bertz CT molecular complexity index is 697. The minimum absolute atomic E-state index is 0.182. The highest BCUT2D eigenvalue weighted by Crippen LogP contribution is 2.20. The molecule has 2 aliphatic carbocycles. The third-order valence-electron chi connectivity index (χ3n) is 6.27. The van der Waals surface area contributed by atoms with Crippen LogP contribution in [0.15, 0.2) is 24.3 Å². The van der Waals surface area contributed by atoms with Gasteiger partial charge in [-0.1, -0.05) is 31.4 Å². The van der Waals surface area contributed by atoms with E-state index in [0.29, 0.717) is 12.5 Å². The van der Waals surface area contributed by atoms with Crippen LogP contribution in [0.3, 0.4) is 0 Å². The van der Waals surface area contributed by atoms with Gasteiger partial charge < -0.3 is 31.1 Å². The van der Waals surface area contributed by atoms with Crippen LogP contribution >= 0.6 is 0 Å². The van der Waals surface area contributed by atoms with Crippen molar-refractivity contribution >= 4 is 11.9 Å². The van der Waals surface area contributed by atoms with E-state index < -0.39 is 24.0 Å². The maximum atomic E-state index is 11.3.